The number of fused-ring (bicyclic) bond motifs is 3. The van der Waals surface area contributed by atoms with Crippen molar-refractivity contribution in [1.29, 1.82) is 0 Å². The Morgan fingerprint density at radius 3 is 2.59 bits per heavy atom. The first kappa shape index (κ1) is 27.0. The molecule has 7 heteroatoms. The average Bonchev–Trinajstić information content (AvgIpc) is 3.12. The molecule has 7 nitrogen and oxygen atoms in total. The molecule has 1 aromatic carbocycles. The van der Waals surface area contributed by atoms with Gasteiger partial charge in [-0.2, -0.15) is 0 Å². The largest absolute Gasteiger partial charge is 0.465 e. The van der Waals surface area contributed by atoms with Crippen molar-refractivity contribution >= 4 is 28.4 Å². The van der Waals surface area contributed by atoms with Crippen molar-refractivity contribution < 1.29 is 19.1 Å². The second-order valence-corrected chi connectivity index (χ2v) is 10.1. The summed E-state index contributed by atoms with van der Waals surface area (Å²) in [6.45, 7) is 7.18. The van der Waals surface area contributed by atoms with Crippen LogP contribution >= 0.6 is 0 Å². The number of morpholine rings is 1. The molecule has 1 saturated heterocycles. The molecule has 0 radical (unpaired) electrons. The summed E-state index contributed by atoms with van der Waals surface area (Å²) in [5, 5.41) is 1.12. The lowest BCUT2D eigenvalue weighted by molar-refractivity contribution is -0.140. The van der Waals surface area contributed by atoms with Crippen molar-refractivity contribution in [2.24, 2.45) is 11.7 Å². The average molecular weight is 508 g/mol. The molecule has 0 aliphatic carbocycles. The van der Waals surface area contributed by atoms with E-state index >= 15 is 0 Å². The van der Waals surface area contributed by atoms with Crippen molar-refractivity contribution in [3.63, 3.8) is 0 Å². The number of aryl methyl sites for hydroxylation is 1. The van der Waals surface area contributed by atoms with Crippen LogP contribution in [0.5, 0.6) is 0 Å². The Morgan fingerprint density at radius 2 is 1.92 bits per heavy atom. The van der Waals surface area contributed by atoms with E-state index in [-0.39, 0.29) is 17.8 Å². The summed E-state index contributed by atoms with van der Waals surface area (Å²) in [6, 6.07) is 5.79. The summed E-state index contributed by atoms with van der Waals surface area (Å²) in [4.78, 5) is 28.1. The fourth-order valence-electron chi connectivity index (χ4n) is 5.80. The summed E-state index contributed by atoms with van der Waals surface area (Å²) < 4.78 is 12.7. The van der Waals surface area contributed by atoms with Crippen molar-refractivity contribution in [3.05, 3.63) is 52.9 Å². The van der Waals surface area contributed by atoms with Gasteiger partial charge >= 0.3 is 5.97 Å². The van der Waals surface area contributed by atoms with Crippen LogP contribution in [0.4, 0.5) is 0 Å². The number of esters is 1. The van der Waals surface area contributed by atoms with Crippen LogP contribution in [-0.2, 0) is 27.2 Å². The fraction of sp³-hybridized carbons (Fsp3) is 0.533. The number of unbranched alkanes of at least 4 members (excludes halogenated alkanes) is 4. The minimum Gasteiger partial charge on any atom is -0.465 e. The fourth-order valence-corrected chi connectivity index (χ4v) is 5.80. The van der Waals surface area contributed by atoms with Crippen LogP contribution in [0.2, 0.25) is 0 Å². The lowest BCUT2D eigenvalue weighted by Gasteiger charge is -2.30. The highest BCUT2D eigenvalue weighted by molar-refractivity contribution is 5.99. The van der Waals surface area contributed by atoms with E-state index < -0.39 is 0 Å². The summed E-state index contributed by atoms with van der Waals surface area (Å²) in [7, 11) is 1.40. The number of hydrogen-bond donors (Lipinski definition) is 1. The number of ether oxygens (including phenoxy) is 2. The predicted molar refractivity (Wildman–Crippen MR) is 147 cm³/mol. The van der Waals surface area contributed by atoms with E-state index in [4.69, 9.17) is 15.2 Å². The second kappa shape index (κ2) is 12.5. The first-order valence-electron chi connectivity index (χ1n) is 13.7. The van der Waals surface area contributed by atoms with Gasteiger partial charge in [0.15, 0.2) is 0 Å². The Balaban J connectivity index is 1.83. The maximum Gasteiger partial charge on any atom is 0.337 e. The molecule has 1 unspecified atom stereocenters. The van der Waals surface area contributed by atoms with Gasteiger partial charge in [-0.3, -0.25) is 4.79 Å². The van der Waals surface area contributed by atoms with E-state index in [0.29, 0.717) is 44.8 Å². The standard InChI is InChI=1S/C30H41N3O4/c1-4-6-7-8-9-10-25-24-12-11-22(30(35)36-3)18-27(24)33-20-23(29(34)32-13-15-37-16-14-32)17-21(5-2)26(19-31)28(25)33/h5,11-12,18-19,23H,4,6-10,13-17,20,31H2,1-3H3/b21-5-,26-19+. The van der Waals surface area contributed by atoms with Gasteiger partial charge in [0, 0.05) is 42.3 Å². The number of amides is 1. The smallest absolute Gasteiger partial charge is 0.337 e. The minimum atomic E-state index is -0.364. The summed E-state index contributed by atoms with van der Waals surface area (Å²) in [6.07, 6.45) is 11.3. The summed E-state index contributed by atoms with van der Waals surface area (Å²) in [5.74, 6) is -0.439. The monoisotopic (exact) mass is 507 g/mol. The molecule has 4 rings (SSSR count). The third-order valence-corrected chi connectivity index (χ3v) is 7.78. The number of rotatable bonds is 8. The normalized spacial score (nSPS) is 20.3. The maximum atomic E-state index is 13.7. The molecular weight excluding hydrogens is 466 g/mol. The van der Waals surface area contributed by atoms with Crippen LogP contribution in [0.1, 0.15) is 74.0 Å². The van der Waals surface area contributed by atoms with E-state index in [1.54, 1.807) is 6.20 Å². The third-order valence-electron chi connectivity index (χ3n) is 7.78. The van der Waals surface area contributed by atoms with Gasteiger partial charge in [-0.05, 0) is 49.5 Å². The number of allylic oxidation sites excluding steroid dienone is 3. The number of benzene rings is 1. The van der Waals surface area contributed by atoms with Gasteiger partial charge in [0.2, 0.25) is 5.91 Å². The molecule has 37 heavy (non-hydrogen) atoms. The molecule has 0 bridgehead atoms. The third kappa shape index (κ3) is 5.61. The number of methoxy groups -OCH3 is 1. The lowest BCUT2D eigenvalue weighted by atomic mass is 9.91. The van der Waals surface area contributed by atoms with Gasteiger partial charge in [0.05, 0.1) is 37.5 Å². The number of nitrogens with two attached hydrogens (primary N) is 1. The Morgan fingerprint density at radius 1 is 1.16 bits per heavy atom. The maximum absolute atomic E-state index is 13.7. The number of carbonyl (C=O) groups is 2. The highest BCUT2D eigenvalue weighted by Crippen LogP contribution is 2.41. The second-order valence-electron chi connectivity index (χ2n) is 10.1. The van der Waals surface area contributed by atoms with Gasteiger partial charge in [-0.25, -0.2) is 4.79 Å². The van der Waals surface area contributed by atoms with Gasteiger partial charge in [0.25, 0.3) is 0 Å². The van der Waals surface area contributed by atoms with Crippen molar-refractivity contribution in [3.8, 4) is 0 Å². The van der Waals surface area contributed by atoms with Gasteiger partial charge in [-0.15, -0.1) is 0 Å². The number of aromatic nitrogens is 1. The zero-order valence-electron chi connectivity index (χ0n) is 22.6. The topological polar surface area (TPSA) is 86.8 Å². The molecule has 3 heterocycles. The van der Waals surface area contributed by atoms with Gasteiger partial charge < -0.3 is 24.7 Å². The highest BCUT2D eigenvalue weighted by atomic mass is 16.5. The number of carbonyl (C=O) groups excluding carboxylic acids is 2. The van der Waals surface area contributed by atoms with Crippen LogP contribution in [0.3, 0.4) is 0 Å². The van der Waals surface area contributed by atoms with Crippen molar-refractivity contribution in [2.45, 2.75) is 65.3 Å². The molecule has 0 spiro atoms. The Kier molecular flexibility index (Phi) is 9.09. The van der Waals surface area contributed by atoms with Crippen LogP contribution < -0.4 is 5.73 Å². The zero-order chi connectivity index (χ0) is 26.4. The Labute approximate surface area is 220 Å². The SMILES string of the molecule is C/C=C1/CC(C(=O)N2CCOCC2)Cn2c(c(CCCCCCC)c3ccc(C(=O)OC)cc32)/C1=C/N. The first-order chi connectivity index (χ1) is 18.0. The zero-order valence-corrected chi connectivity index (χ0v) is 22.6. The predicted octanol–water partition coefficient (Wildman–Crippen LogP) is 5.07. The molecule has 200 valence electrons. The van der Waals surface area contributed by atoms with Crippen molar-refractivity contribution in [1.82, 2.24) is 9.47 Å². The van der Waals surface area contributed by atoms with Gasteiger partial charge in [-0.1, -0.05) is 44.7 Å². The molecule has 2 aliphatic heterocycles. The molecule has 2 aromatic rings. The molecular formula is C30H41N3O4. The molecule has 2 aliphatic rings. The van der Waals surface area contributed by atoms with Crippen molar-refractivity contribution in [2.75, 3.05) is 33.4 Å². The van der Waals surface area contributed by atoms with Crippen LogP contribution in [-0.4, -0.2) is 54.8 Å². The molecule has 0 saturated carbocycles. The van der Waals surface area contributed by atoms with E-state index in [1.807, 2.05) is 30.0 Å². The molecule has 1 aromatic heterocycles. The Hall–Kier alpha value is -3.06. The first-order valence-corrected chi connectivity index (χ1v) is 13.7. The Bertz CT molecular complexity index is 1190. The molecule has 1 fully saturated rings. The lowest BCUT2D eigenvalue weighted by Crippen LogP contribution is -2.44. The van der Waals surface area contributed by atoms with Crippen LogP contribution in [0.15, 0.2) is 36.0 Å². The number of nitrogens with zero attached hydrogens (tertiary/aromatic N) is 2. The minimum absolute atomic E-state index is 0.152. The highest BCUT2D eigenvalue weighted by Gasteiger charge is 2.34. The van der Waals surface area contributed by atoms with E-state index in [1.165, 1.54) is 38.4 Å². The van der Waals surface area contributed by atoms with E-state index in [0.717, 1.165) is 40.6 Å². The summed E-state index contributed by atoms with van der Waals surface area (Å²) >= 11 is 0. The van der Waals surface area contributed by atoms with Crippen LogP contribution in [0.25, 0.3) is 16.5 Å². The van der Waals surface area contributed by atoms with E-state index in [9.17, 15) is 9.59 Å². The quantitative estimate of drug-likeness (QED) is 0.398. The summed E-state index contributed by atoms with van der Waals surface area (Å²) in [5.41, 5.74) is 12.2. The van der Waals surface area contributed by atoms with Crippen LogP contribution in [0, 0.1) is 5.92 Å². The number of hydrogen-bond acceptors (Lipinski definition) is 5. The van der Waals surface area contributed by atoms with Gasteiger partial charge in [0.1, 0.15) is 0 Å². The molecule has 1 amide bonds. The molecule has 1 atom stereocenters. The molecule has 2 N–H and O–H groups in total. The van der Waals surface area contributed by atoms with E-state index in [2.05, 4.69) is 17.6 Å².